The van der Waals surface area contributed by atoms with Crippen molar-refractivity contribution in [1.29, 1.82) is 0 Å². The fourth-order valence-corrected chi connectivity index (χ4v) is 3.13. The van der Waals surface area contributed by atoms with Crippen molar-refractivity contribution in [3.63, 3.8) is 0 Å². The van der Waals surface area contributed by atoms with Gasteiger partial charge in [0, 0.05) is 12.5 Å². The van der Waals surface area contributed by atoms with E-state index in [0.717, 1.165) is 17.2 Å². The van der Waals surface area contributed by atoms with Crippen LogP contribution in [0.1, 0.15) is 39.0 Å². The number of benzene rings is 2. The van der Waals surface area contributed by atoms with Crippen LogP contribution in [0.3, 0.4) is 0 Å². The van der Waals surface area contributed by atoms with Gasteiger partial charge < -0.3 is 18.7 Å². The van der Waals surface area contributed by atoms with Gasteiger partial charge >= 0.3 is 0 Å². The molecule has 32 heavy (non-hydrogen) atoms. The van der Waals surface area contributed by atoms with Crippen molar-refractivity contribution in [2.24, 2.45) is 0 Å². The molecule has 7 heteroatoms. The molecule has 0 aliphatic rings. The second-order valence-electron chi connectivity index (χ2n) is 7.07. The number of aliphatic hydroxyl groups excluding tert-OH is 1. The summed E-state index contributed by atoms with van der Waals surface area (Å²) in [6.45, 7) is -0.499. The number of halogens is 1. The van der Waals surface area contributed by atoms with E-state index in [-0.39, 0.29) is 35.5 Å². The van der Waals surface area contributed by atoms with Crippen LogP contribution in [0.4, 0.5) is 4.39 Å². The van der Waals surface area contributed by atoms with Crippen LogP contribution in [-0.2, 0) is 19.6 Å². The zero-order valence-corrected chi connectivity index (χ0v) is 16.9. The molecule has 6 nitrogen and oxygen atoms in total. The lowest BCUT2D eigenvalue weighted by molar-refractivity contribution is 0.0964. The Bertz CT molecular complexity index is 1270. The lowest BCUT2D eigenvalue weighted by Gasteiger charge is -2.10. The Kier molecular flexibility index (Phi) is 6.28. The molecule has 0 amide bonds. The molecule has 0 spiro atoms. The van der Waals surface area contributed by atoms with Crippen LogP contribution in [0.15, 0.2) is 86.4 Å². The predicted molar refractivity (Wildman–Crippen MR) is 113 cm³/mol. The van der Waals surface area contributed by atoms with Crippen molar-refractivity contribution < 1.29 is 27.9 Å². The maximum absolute atomic E-state index is 13.1. The van der Waals surface area contributed by atoms with E-state index >= 15 is 0 Å². The second-order valence-corrected chi connectivity index (χ2v) is 7.07. The Labute approximate surface area is 182 Å². The van der Waals surface area contributed by atoms with Gasteiger partial charge in [0.15, 0.2) is 5.76 Å². The molecule has 0 aliphatic carbocycles. The van der Waals surface area contributed by atoms with E-state index in [9.17, 15) is 19.1 Å². The molecular formula is C25H19FO6. The molecule has 0 atom stereocenters. The molecule has 0 fully saturated rings. The SMILES string of the molecule is O=C(c1ccc(Cc2ccc(F)cc2)o1)c1oc(CO)cc(=O)c1OCc1ccccc1. The average Bonchev–Trinajstić information content (AvgIpc) is 3.28. The lowest BCUT2D eigenvalue weighted by atomic mass is 10.1. The third-order valence-corrected chi connectivity index (χ3v) is 4.72. The zero-order chi connectivity index (χ0) is 22.5. The number of hydrogen-bond acceptors (Lipinski definition) is 6. The Hall–Kier alpha value is -3.97. The fourth-order valence-electron chi connectivity index (χ4n) is 3.13. The highest BCUT2D eigenvalue weighted by Crippen LogP contribution is 2.23. The Balaban J connectivity index is 1.61. The van der Waals surface area contributed by atoms with Gasteiger partial charge in [-0.05, 0) is 35.4 Å². The Morgan fingerprint density at radius 3 is 2.38 bits per heavy atom. The van der Waals surface area contributed by atoms with Gasteiger partial charge in [-0.3, -0.25) is 9.59 Å². The van der Waals surface area contributed by atoms with Crippen molar-refractivity contribution in [3.8, 4) is 5.75 Å². The summed E-state index contributed by atoms with van der Waals surface area (Å²) < 4.78 is 29.8. The minimum absolute atomic E-state index is 0.0510. The van der Waals surface area contributed by atoms with Crippen molar-refractivity contribution in [2.75, 3.05) is 0 Å². The Morgan fingerprint density at radius 2 is 1.66 bits per heavy atom. The average molecular weight is 434 g/mol. The van der Waals surface area contributed by atoms with Gasteiger partial charge in [0.2, 0.25) is 16.9 Å². The first-order chi connectivity index (χ1) is 15.5. The van der Waals surface area contributed by atoms with Crippen LogP contribution in [0.5, 0.6) is 5.75 Å². The third-order valence-electron chi connectivity index (χ3n) is 4.72. The number of carbonyl (C=O) groups is 1. The third kappa shape index (κ3) is 4.84. The van der Waals surface area contributed by atoms with Gasteiger partial charge in [0.1, 0.15) is 30.6 Å². The van der Waals surface area contributed by atoms with Crippen molar-refractivity contribution in [3.05, 3.63) is 123 Å². The maximum Gasteiger partial charge on any atom is 0.267 e. The molecule has 0 radical (unpaired) electrons. The van der Waals surface area contributed by atoms with E-state index in [2.05, 4.69) is 0 Å². The number of aliphatic hydroxyl groups is 1. The smallest absolute Gasteiger partial charge is 0.267 e. The van der Waals surface area contributed by atoms with Crippen LogP contribution in [0.2, 0.25) is 0 Å². The van der Waals surface area contributed by atoms with Gasteiger partial charge in [-0.15, -0.1) is 0 Å². The first-order valence-electron chi connectivity index (χ1n) is 9.86. The zero-order valence-electron chi connectivity index (χ0n) is 16.9. The quantitative estimate of drug-likeness (QED) is 0.417. The standard InChI is InChI=1S/C25H19FO6/c26-18-8-6-16(7-9-18)12-19-10-11-22(31-19)23(29)25-24(21(28)13-20(14-27)32-25)30-15-17-4-2-1-3-5-17/h1-11,13,27H,12,14-15H2. The highest BCUT2D eigenvalue weighted by atomic mass is 19.1. The van der Waals surface area contributed by atoms with Gasteiger partial charge in [-0.25, -0.2) is 4.39 Å². The first-order valence-corrected chi connectivity index (χ1v) is 9.86. The molecule has 0 bridgehead atoms. The minimum Gasteiger partial charge on any atom is -0.481 e. The molecule has 4 aromatic rings. The molecule has 2 aromatic carbocycles. The van der Waals surface area contributed by atoms with E-state index in [1.165, 1.54) is 18.2 Å². The molecule has 1 N–H and O–H groups in total. The topological polar surface area (TPSA) is 89.9 Å². The van der Waals surface area contributed by atoms with Crippen molar-refractivity contribution in [1.82, 2.24) is 0 Å². The number of ketones is 1. The van der Waals surface area contributed by atoms with E-state index in [4.69, 9.17) is 13.6 Å². The highest BCUT2D eigenvalue weighted by Gasteiger charge is 2.25. The fraction of sp³-hybridized carbons (Fsp3) is 0.120. The van der Waals surface area contributed by atoms with Crippen molar-refractivity contribution in [2.45, 2.75) is 19.6 Å². The largest absolute Gasteiger partial charge is 0.481 e. The monoisotopic (exact) mass is 434 g/mol. The number of ether oxygens (including phenoxy) is 1. The molecule has 162 valence electrons. The molecule has 0 aliphatic heterocycles. The van der Waals surface area contributed by atoms with Crippen molar-refractivity contribution >= 4 is 5.78 Å². The van der Waals surface area contributed by atoms with Crippen LogP contribution in [0.25, 0.3) is 0 Å². The second kappa shape index (κ2) is 9.45. The number of carbonyl (C=O) groups excluding carboxylic acids is 1. The van der Waals surface area contributed by atoms with E-state index in [0.29, 0.717) is 12.2 Å². The van der Waals surface area contributed by atoms with Gasteiger partial charge in [0.05, 0.1) is 0 Å². The summed E-state index contributed by atoms with van der Waals surface area (Å²) in [5.74, 6) is -1.27. The molecular weight excluding hydrogens is 415 g/mol. The van der Waals surface area contributed by atoms with Crippen LogP contribution < -0.4 is 10.2 Å². The molecule has 2 aromatic heterocycles. The van der Waals surface area contributed by atoms with Crippen LogP contribution in [-0.4, -0.2) is 10.9 Å². The molecule has 0 saturated heterocycles. The van der Waals surface area contributed by atoms with E-state index in [1.54, 1.807) is 18.2 Å². The van der Waals surface area contributed by atoms with Crippen LogP contribution >= 0.6 is 0 Å². The lowest BCUT2D eigenvalue weighted by Crippen LogP contribution is -2.15. The van der Waals surface area contributed by atoms with Gasteiger partial charge in [-0.2, -0.15) is 0 Å². The number of hydrogen-bond donors (Lipinski definition) is 1. The summed E-state index contributed by atoms with van der Waals surface area (Å²) in [5.41, 5.74) is 1.02. The van der Waals surface area contributed by atoms with Gasteiger partial charge in [-0.1, -0.05) is 42.5 Å². The summed E-state index contributed by atoms with van der Waals surface area (Å²) >= 11 is 0. The molecule has 0 unspecified atom stereocenters. The number of furan rings is 1. The summed E-state index contributed by atoms with van der Waals surface area (Å²) in [7, 11) is 0. The summed E-state index contributed by atoms with van der Waals surface area (Å²) in [6.07, 6.45) is 0.353. The van der Waals surface area contributed by atoms with Crippen LogP contribution in [0, 0.1) is 5.82 Å². The van der Waals surface area contributed by atoms with E-state index < -0.39 is 17.8 Å². The highest BCUT2D eigenvalue weighted by molar-refractivity contribution is 6.06. The maximum atomic E-state index is 13.1. The minimum atomic E-state index is -0.689. The molecule has 2 heterocycles. The Morgan fingerprint density at radius 1 is 0.906 bits per heavy atom. The van der Waals surface area contributed by atoms with E-state index in [1.807, 2.05) is 30.3 Å². The van der Waals surface area contributed by atoms with Gasteiger partial charge in [0.25, 0.3) is 5.78 Å². The predicted octanol–water partition coefficient (Wildman–Crippen LogP) is 4.27. The normalized spacial score (nSPS) is 10.8. The number of rotatable bonds is 8. The molecule has 4 rings (SSSR count). The summed E-state index contributed by atoms with van der Waals surface area (Å²) in [5, 5.41) is 9.39. The first kappa shape index (κ1) is 21.3. The summed E-state index contributed by atoms with van der Waals surface area (Å²) in [6, 6.07) is 19.2. The summed E-state index contributed by atoms with van der Waals surface area (Å²) in [4.78, 5) is 25.6. The molecule has 0 saturated carbocycles.